The minimum absolute atomic E-state index is 0.176. The Morgan fingerprint density at radius 3 is 2.48 bits per heavy atom. The molecule has 1 atom stereocenters. The Hall–Kier alpha value is -3.27. The first-order chi connectivity index (χ1) is 14.7. The standard InChI is InChI=1S/C21H24N2O7S/c1-4-28-21(25)16-7-5-6-8-17(16)22-20(24)14(2)23(31(3,26)27)15-9-10-18-19(13-15)30-12-11-29-18/h5-10,13-14H,4,11-12H2,1-3H3,(H,22,24)/t14-/m0/s1. The number of nitrogens with one attached hydrogen (secondary N) is 1. The van der Waals surface area contributed by atoms with E-state index in [1.54, 1.807) is 37.3 Å². The molecule has 0 radical (unpaired) electrons. The lowest BCUT2D eigenvalue weighted by Crippen LogP contribution is -2.45. The van der Waals surface area contributed by atoms with E-state index >= 15 is 0 Å². The second-order valence-electron chi connectivity index (χ2n) is 6.82. The number of ether oxygens (including phenoxy) is 3. The van der Waals surface area contributed by atoms with Gasteiger partial charge in [0.2, 0.25) is 15.9 Å². The van der Waals surface area contributed by atoms with Crippen molar-refractivity contribution in [2.45, 2.75) is 19.9 Å². The summed E-state index contributed by atoms with van der Waals surface area (Å²) >= 11 is 0. The number of rotatable bonds is 7. The first-order valence-corrected chi connectivity index (χ1v) is 11.5. The average molecular weight is 448 g/mol. The fourth-order valence-electron chi connectivity index (χ4n) is 3.19. The van der Waals surface area contributed by atoms with Crippen molar-refractivity contribution in [3.63, 3.8) is 0 Å². The normalized spacial score (nSPS) is 13.8. The van der Waals surface area contributed by atoms with Gasteiger partial charge in [-0.3, -0.25) is 9.10 Å². The molecule has 0 fully saturated rings. The van der Waals surface area contributed by atoms with Crippen molar-refractivity contribution in [3.05, 3.63) is 48.0 Å². The monoisotopic (exact) mass is 448 g/mol. The molecule has 0 aromatic heterocycles. The number of para-hydroxylation sites is 1. The smallest absolute Gasteiger partial charge is 0.340 e. The van der Waals surface area contributed by atoms with Gasteiger partial charge >= 0.3 is 5.97 Å². The van der Waals surface area contributed by atoms with Gasteiger partial charge in [-0.2, -0.15) is 0 Å². The van der Waals surface area contributed by atoms with Gasteiger partial charge in [-0.1, -0.05) is 12.1 Å². The molecule has 0 unspecified atom stereocenters. The van der Waals surface area contributed by atoms with Gasteiger partial charge in [-0.25, -0.2) is 13.2 Å². The summed E-state index contributed by atoms with van der Waals surface area (Å²) in [5.41, 5.74) is 0.664. The number of benzene rings is 2. The van der Waals surface area contributed by atoms with Crippen LogP contribution in [0.2, 0.25) is 0 Å². The summed E-state index contributed by atoms with van der Waals surface area (Å²) in [4.78, 5) is 25.1. The lowest BCUT2D eigenvalue weighted by atomic mass is 10.1. The zero-order valence-electron chi connectivity index (χ0n) is 17.5. The molecule has 0 saturated carbocycles. The average Bonchev–Trinajstić information content (AvgIpc) is 2.73. The third-order valence-corrected chi connectivity index (χ3v) is 5.79. The van der Waals surface area contributed by atoms with Crippen molar-refractivity contribution in [2.24, 2.45) is 0 Å². The first-order valence-electron chi connectivity index (χ1n) is 9.68. The highest BCUT2D eigenvalue weighted by Crippen LogP contribution is 2.35. The van der Waals surface area contributed by atoms with Gasteiger partial charge in [0.05, 0.1) is 29.8 Å². The van der Waals surface area contributed by atoms with Gasteiger partial charge < -0.3 is 19.5 Å². The van der Waals surface area contributed by atoms with Crippen LogP contribution in [0, 0.1) is 0 Å². The molecule has 2 aromatic rings. The van der Waals surface area contributed by atoms with Crippen LogP contribution in [0.3, 0.4) is 0 Å². The maximum absolute atomic E-state index is 13.0. The number of amides is 1. The van der Waals surface area contributed by atoms with Gasteiger partial charge in [0.1, 0.15) is 19.3 Å². The van der Waals surface area contributed by atoms with E-state index in [-0.39, 0.29) is 23.5 Å². The van der Waals surface area contributed by atoms with E-state index < -0.39 is 27.9 Å². The zero-order valence-corrected chi connectivity index (χ0v) is 18.3. The Morgan fingerprint density at radius 2 is 1.81 bits per heavy atom. The van der Waals surface area contributed by atoms with Crippen LogP contribution in [0.15, 0.2) is 42.5 Å². The third kappa shape index (κ3) is 5.08. The molecule has 1 aliphatic heterocycles. The van der Waals surface area contributed by atoms with Crippen LogP contribution in [0.5, 0.6) is 11.5 Å². The topological polar surface area (TPSA) is 111 Å². The van der Waals surface area contributed by atoms with E-state index in [1.807, 2.05) is 0 Å². The van der Waals surface area contributed by atoms with Crippen LogP contribution in [0.1, 0.15) is 24.2 Å². The Kier molecular flexibility index (Phi) is 6.69. The second-order valence-corrected chi connectivity index (χ2v) is 8.68. The zero-order chi connectivity index (χ0) is 22.6. The highest BCUT2D eigenvalue weighted by Gasteiger charge is 2.31. The Labute approximate surface area is 181 Å². The summed E-state index contributed by atoms with van der Waals surface area (Å²) in [6, 6.07) is 9.91. The van der Waals surface area contributed by atoms with Crippen molar-refractivity contribution in [2.75, 3.05) is 35.7 Å². The lowest BCUT2D eigenvalue weighted by molar-refractivity contribution is -0.116. The van der Waals surface area contributed by atoms with E-state index in [4.69, 9.17) is 14.2 Å². The number of carbonyl (C=O) groups is 2. The highest BCUT2D eigenvalue weighted by atomic mass is 32.2. The summed E-state index contributed by atoms with van der Waals surface area (Å²) in [7, 11) is -3.83. The summed E-state index contributed by atoms with van der Waals surface area (Å²) in [5, 5.41) is 2.63. The molecule has 3 rings (SSSR count). The summed E-state index contributed by atoms with van der Waals surface area (Å²) < 4.78 is 42.1. The predicted octanol–water partition coefficient (Wildman–Crippen LogP) is 2.43. The molecule has 9 nitrogen and oxygen atoms in total. The quantitative estimate of drug-likeness (QED) is 0.648. The van der Waals surface area contributed by atoms with Crippen LogP contribution >= 0.6 is 0 Å². The van der Waals surface area contributed by atoms with Gasteiger partial charge in [-0.15, -0.1) is 0 Å². The van der Waals surface area contributed by atoms with Crippen molar-refractivity contribution >= 4 is 33.3 Å². The Morgan fingerprint density at radius 1 is 1.13 bits per heavy atom. The van der Waals surface area contributed by atoms with Crippen molar-refractivity contribution < 1.29 is 32.2 Å². The SMILES string of the molecule is CCOC(=O)c1ccccc1NC(=O)[C@H](C)N(c1ccc2c(c1)OCCO2)S(C)(=O)=O. The third-order valence-electron chi connectivity index (χ3n) is 4.55. The lowest BCUT2D eigenvalue weighted by Gasteiger charge is -2.29. The molecule has 166 valence electrons. The Balaban J connectivity index is 1.89. The molecule has 0 bridgehead atoms. The molecular formula is C21H24N2O7S. The molecule has 1 N–H and O–H groups in total. The summed E-state index contributed by atoms with van der Waals surface area (Å²) in [6.07, 6.45) is 1.01. The minimum atomic E-state index is -3.83. The molecule has 0 saturated heterocycles. The van der Waals surface area contributed by atoms with Crippen molar-refractivity contribution in [1.29, 1.82) is 0 Å². The van der Waals surface area contributed by atoms with Crippen molar-refractivity contribution in [1.82, 2.24) is 0 Å². The second kappa shape index (κ2) is 9.25. The molecule has 1 heterocycles. The molecular weight excluding hydrogens is 424 g/mol. The largest absolute Gasteiger partial charge is 0.486 e. The van der Waals surface area contributed by atoms with Crippen molar-refractivity contribution in [3.8, 4) is 11.5 Å². The number of anilines is 2. The number of hydrogen-bond donors (Lipinski definition) is 1. The van der Waals surface area contributed by atoms with E-state index in [2.05, 4.69) is 5.32 Å². The number of nitrogens with zero attached hydrogens (tertiary/aromatic N) is 1. The van der Waals surface area contributed by atoms with Gasteiger partial charge in [0.15, 0.2) is 11.5 Å². The number of fused-ring (bicyclic) bond motifs is 1. The summed E-state index contributed by atoms with van der Waals surface area (Å²) in [5.74, 6) is -0.295. The highest BCUT2D eigenvalue weighted by molar-refractivity contribution is 7.92. The first kappa shape index (κ1) is 22.4. The van der Waals surface area contributed by atoms with Crippen LogP contribution in [0.4, 0.5) is 11.4 Å². The summed E-state index contributed by atoms with van der Waals surface area (Å²) in [6.45, 7) is 4.07. The van der Waals surface area contributed by atoms with Crippen LogP contribution in [0.25, 0.3) is 0 Å². The minimum Gasteiger partial charge on any atom is -0.486 e. The molecule has 2 aromatic carbocycles. The Bertz CT molecular complexity index is 1080. The fourth-order valence-corrected chi connectivity index (χ4v) is 4.36. The number of esters is 1. The molecule has 10 heteroatoms. The maximum Gasteiger partial charge on any atom is 0.340 e. The van der Waals surface area contributed by atoms with Gasteiger partial charge in [0, 0.05) is 6.07 Å². The molecule has 0 spiro atoms. The van der Waals surface area contributed by atoms with E-state index in [0.29, 0.717) is 24.7 Å². The molecule has 0 aliphatic carbocycles. The van der Waals surface area contributed by atoms with E-state index in [0.717, 1.165) is 10.6 Å². The van der Waals surface area contributed by atoms with Gasteiger partial charge in [-0.05, 0) is 38.1 Å². The number of hydrogen-bond acceptors (Lipinski definition) is 7. The van der Waals surface area contributed by atoms with Crippen LogP contribution < -0.4 is 19.1 Å². The predicted molar refractivity (Wildman–Crippen MR) is 115 cm³/mol. The van der Waals surface area contributed by atoms with Crippen LogP contribution in [-0.4, -0.2) is 52.4 Å². The number of carbonyl (C=O) groups excluding carboxylic acids is 2. The fraction of sp³-hybridized carbons (Fsp3) is 0.333. The van der Waals surface area contributed by atoms with Gasteiger partial charge in [0.25, 0.3) is 0 Å². The van der Waals surface area contributed by atoms with E-state index in [1.165, 1.54) is 19.1 Å². The van der Waals surface area contributed by atoms with E-state index in [9.17, 15) is 18.0 Å². The van der Waals surface area contributed by atoms with Crippen LogP contribution in [-0.2, 0) is 19.6 Å². The molecule has 31 heavy (non-hydrogen) atoms. The molecule has 1 amide bonds. The number of sulfonamides is 1. The molecule has 1 aliphatic rings. The maximum atomic E-state index is 13.0.